The first-order valence-electron chi connectivity index (χ1n) is 10.4. The number of methoxy groups -OCH3 is 1. The Hall–Kier alpha value is -2.81. The van der Waals surface area contributed by atoms with E-state index in [1.807, 2.05) is 40.4 Å². The molecule has 0 bridgehead atoms. The van der Waals surface area contributed by atoms with Crippen LogP contribution in [-0.4, -0.2) is 63.4 Å². The van der Waals surface area contributed by atoms with E-state index in [0.717, 1.165) is 48.5 Å². The molecule has 0 aliphatic carbocycles. The fourth-order valence-corrected chi connectivity index (χ4v) is 5.09. The summed E-state index contributed by atoms with van der Waals surface area (Å²) in [4.78, 5) is 12.0. The van der Waals surface area contributed by atoms with Crippen molar-refractivity contribution in [2.45, 2.75) is 19.5 Å². The lowest BCUT2D eigenvalue weighted by molar-refractivity contribution is 0.0896. The molecule has 8 heteroatoms. The molecule has 1 atom stereocenters. The van der Waals surface area contributed by atoms with Crippen LogP contribution in [0.25, 0.3) is 16.6 Å². The van der Waals surface area contributed by atoms with Crippen molar-refractivity contribution in [3.63, 3.8) is 0 Å². The second-order valence-electron chi connectivity index (χ2n) is 8.06. The van der Waals surface area contributed by atoms with Gasteiger partial charge in [0, 0.05) is 65.5 Å². The highest BCUT2D eigenvalue weighted by molar-refractivity contribution is 7.11. The minimum atomic E-state index is 0.223. The summed E-state index contributed by atoms with van der Waals surface area (Å²) in [5, 5.41) is 9.03. The van der Waals surface area contributed by atoms with Gasteiger partial charge in [0.05, 0.1) is 18.7 Å². The topological polar surface area (TPSA) is 58.8 Å². The predicted molar refractivity (Wildman–Crippen MR) is 122 cm³/mol. The van der Waals surface area contributed by atoms with Gasteiger partial charge in [0.25, 0.3) is 0 Å². The van der Waals surface area contributed by atoms with Gasteiger partial charge in [-0.1, -0.05) is 11.3 Å². The minimum Gasteiger partial charge on any atom is -0.481 e. The van der Waals surface area contributed by atoms with E-state index in [2.05, 4.69) is 63.3 Å². The zero-order chi connectivity index (χ0) is 21.4. The van der Waals surface area contributed by atoms with Crippen molar-refractivity contribution in [1.82, 2.24) is 29.6 Å². The summed E-state index contributed by atoms with van der Waals surface area (Å²) in [6.45, 7) is 6.20. The summed E-state index contributed by atoms with van der Waals surface area (Å²) in [5.74, 6) is 0.607. The predicted octanol–water partition coefficient (Wildman–Crippen LogP) is 3.66. The number of hydrogen-bond donors (Lipinski definition) is 0. The Balaban J connectivity index is 1.39. The largest absolute Gasteiger partial charge is 0.481 e. The molecule has 1 saturated heterocycles. The van der Waals surface area contributed by atoms with Gasteiger partial charge in [-0.15, -0.1) is 16.4 Å². The van der Waals surface area contributed by atoms with Gasteiger partial charge >= 0.3 is 0 Å². The minimum absolute atomic E-state index is 0.223. The first-order valence-corrected chi connectivity index (χ1v) is 11.3. The molecule has 5 rings (SSSR count). The zero-order valence-electron chi connectivity index (χ0n) is 18.0. The molecule has 1 fully saturated rings. The number of likely N-dealkylation sites (N-methyl/N-ethyl adjacent to an activating group) is 1. The van der Waals surface area contributed by atoms with Crippen molar-refractivity contribution in [2.24, 2.45) is 0 Å². The first-order chi connectivity index (χ1) is 15.1. The van der Waals surface area contributed by atoms with E-state index >= 15 is 0 Å². The van der Waals surface area contributed by atoms with Crippen LogP contribution in [0.15, 0.2) is 48.8 Å². The van der Waals surface area contributed by atoms with Gasteiger partial charge in [-0.2, -0.15) is 0 Å². The second-order valence-corrected chi connectivity index (χ2v) is 9.43. The van der Waals surface area contributed by atoms with Gasteiger partial charge in [-0.3, -0.25) is 9.80 Å². The molecular weight excluding hydrogens is 408 g/mol. The molecule has 4 aromatic rings. The molecule has 31 heavy (non-hydrogen) atoms. The molecule has 0 radical (unpaired) electrons. The van der Waals surface area contributed by atoms with Gasteiger partial charge in [0.2, 0.25) is 5.88 Å². The molecule has 1 unspecified atom stereocenters. The van der Waals surface area contributed by atoms with E-state index in [4.69, 9.17) is 4.74 Å². The molecule has 0 amide bonds. The lowest BCUT2D eigenvalue weighted by Gasteiger charge is -2.38. The number of hydrogen-bond acceptors (Lipinski definition) is 7. The lowest BCUT2D eigenvalue weighted by Crippen LogP contribution is -2.46. The third kappa shape index (κ3) is 4.06. The number of rotatable bonds is 5. The van der Waals surface area contributed by atoms with Crippen LogP contribution in [-0.2, 0) is 6.54 Å². The number of aromatic nitrogens is 4. The molecule has 5 heterocycles. The summed E-state index contributed by atoms with van der Waals surface area (Å²) < 4.78 is 7.04. The van der Waals surface area contributed by atoms with E-state index in [-0.39, 0.29) is 6.04 Å². The van der Waals surface area contributed by atoms with Crippen molar-refractivity contribution >= 4 is 16.9 Å². The maximum Gasteiger partial charge on any atom is 0.212 e. The summed E-state index contributed by atoms with van der Waals surface area (Å²) in [5.41, 5.74) is 4.16. The Labute approximate surface area is 185 Å². The Morgan fingerprint density at radius 1 is 1.10 bits per heavy atom. The van der Waals surface area contributed by atoms with E-state index in [9.17, 15) is 0 Å². The van der Waals surface area contributed by atoms with Gasteiger partial charge in [-0.05, 0) is 38.2 Å². The fraction of sp³-hybridized carbons (Fsp3) is 0.348. The van der Waals surface area contributed by atoms with E-state index in [1.165, 1.54) is 9.75 Å². The number of nitrogens with zero attached hydrogens (tertiary/aromatic N) is 6. The highest BCUT2D eigenvalue weighted by Gasteiger charge is 2.29. The van der Waals surface area contributed by atoms with Crippen LogP contribution in [0.5, 0.6) is 5.88 Å². The molecule has 1 aliphatic rings. The number of pyridine rings is 2. The van der Waals surface area contributed by atoms with Crippen molar-refractivity contribution < 1.29 is 4.74 Å². The average Bonchev–Trinajstić information content (AvgIpc) is 3.40. The molecular formula is C23H26N6OS. The van der Waals surface area contributed by atoms with Crippen LogP contribution in [0, 0.1) is 6.92 Å². The van der Waals surface area contributed by atoms with E-state index in [1.54, 1.807) is 7.11 Å². The van der Waals surface area contributed by atoms with Gasteiger partial charge in [0.1, 0.15) is 5.69 Å². The van der Waals surface area contributed by atoms with Crippen molar-refractivity contribution in [2.75, 3.05) is 33.8 Å². The molecule has 0 saturated carbocycles. The summed E-state index contributed by atoms with van der Waals surface area (Å²) in [6.07, 6.45) is 3.83. The summed E-state index contributed by atoms with van der Waals surface area (Å²) >= 11 is 1.88. The van der Waals surface area contributed by atoms with Crippen LogP contribution in [0.2, 0.25) is 0 Å². The molecule has 4 aromatic heterocycles. The maximum atomic E-state index is 5.16. The third-order valence-corrected chi connectivity index (χ3v) is 6.93. The number of fused-ring (bicyclic) bond motifs is 1. The molecule has 0 spiro atoms. The van der Waals surface area contributed by atoms with E-state index in [0.29, 0.717) is 5.88 Å². The number of ether oxygens (including phenoxy) is 1. The Morgan fingerprint density at radius 3 is 2.71 bits per heavy atom. The summed E-state index contributed by atoms with van der Waals surface area (Å²) in [7, 11) is 3.80. The van der Waals surface area contributed by atoms with Gasteiger partial charge < -0.3 is 4.74 Å². The zero-order valence-corrected chi connectivity index (χ0v) is 18.8. The summed E-state index contributed by atoms with van der Waals surface area (Å²) in [6, 6.07) is 12.8. The highest BCUT2D eigenvalue weighted by atomic mass is 32.1. The highest BCUT2D eigenvalue weighted by Crippen LogP contribution is 2.29. The molecule has 0 aromatic carbocycles. The molecule has 1 aliphatic heterocycles. The van der Waals surface area contributed by atoms with Crippen molar-refractivity contribution in [3.05, 3.63) is 64.2 Å². The molecule has 160 valence electrons. The van der Waals surface area contributed by atoms with Gasteiger partial charge in [0.15, 0.2) is 0 Å². The van der Waals surface area contributed by atoms with Crippen LogP contribution < -0.4 is 4.74 Å². The van der Waals surface area contributed by atoms with Crippen molar-refractivity contribution in [3.8, 4) is 17.0 Å². The maximum absolute atomic E-state index is 5.16. The fourth-order valence-electron chi connectivity index (χ4n) is 4.15. The standard InChI is InChI=1S/C23H26N6OS/c1-16-4-7-19(31-16)14-28-11-10-27(2)21(15-28)23-20-8-5-18(13-29(20)26-25-23)17-6-9-22(30-3)24-12-17/h4-9,12-13,21H,10-11,14-15H2,1-3H3. The molecule has 7 nitrogen and oxygen atoms in total. The normalized spacial score (nSPS) is 18.0. The van der Waals surface area contributed by atoms with Gasteiger partial charge in [-0.25, -0.2) is 9.50 Å². The van der Waals surface area contributed by atoms with Crippen LogP contribution in [0.3, 0.4) is 0 Å². The van der Waals surface area contributed by atoms with Crippen molar-refractivity contribution in [1.29, 1.82) is 0 Å². The Kier molecular flexibility index (Phi) is 5.43. The average molecular weight is 435 g/mol. The van der Waals surface area contributed by atoms with Crippen LogP contribution >= 0.6 is 11.3 Å². The quantitative estimate of drug-likeness (QED) is 0.478. The SMILES string of the molecule is COc1ccc(-c2ccc3c(C4CN(Cc5ccc(C)s5)CCN4C)nnn3c2)cn1. The van der Waals surface area contributed by atoms with Crippen LogP contribution in [0.1, 0.15) is 21.5 Å². The smallest absolute Gasteiger partial charge is 0.212 e. The van der Waals surface area contributed by atoms with Crippen LogP contribution in [0.4, 0.5) is 0 Å². The Morgan fingerprint density at radius 2 is 1.97 bits per heavy atom. The third-order valence-electron chi connectivity index (χ3n) is 5.94. The first kappa shape index (κ1) is 20.1. The number of thiophene rings is 1. The number of aryl methyl sites for hydroxylation is 1. The van der Waals surface area contributed by atoms with E-state index < -0.39 is 0 Å². The Bertz CT molecular complexity index is 1180. The second kappa shape index (κ2) is 8.37. The number of piperazine rings is 1. The molecule has 0 N–H and O–H groups in total. The monoisotopic (exact) mass is 434 g/mol. The lowest BCUT2D eigenvalue weighted by atomic mass is 10.1.